The lowest BCUT2D eigenvalue weighted by Gasteiger charge is -2.31. The van der Waals surface area contributed by atoms with Crippen LogP contribution >= 0.6 is 0 Å². The van der Waals surface area contributed by atoms with Gasteiger partial charge < -0.3 is 19.2 Å². The third-order valence-corrected chi connectivity index (χ3v) is 6.33. The molecule has 2 aromatic heterocycles. The maximum atomic E-state index is 13.7. The van der Waals surface area contributed by atoms with Gasteiger partial charge in [-0.15, -0.1) is 0 Å². The van der Waals surface area contributed by atoms with Gasteiger partial charge in [0.25, 0.3) is 0 Å². The van der Waals surface area contributed by atoms with Gasteiger partial charge in [0.2, 0.25) is 0 Å². The summed E-state index contributed by atoms with van der Waals surface area (Å²) in [6.45, 7) is 9.57. The second kappa shape index (κ2) is 7.44. The van der Waals surface area contributed by atoms with E-state index < -0.39 is 0 Å². The number of nitrogens with one attached hydrogen (secondary N) is 1. The van der Waals surface area contributed by atoms with E-state index in [1.54, 1.807) is 6.07 Å². The van der Waals surface area contributed by atoms with Crippen molar-refractivity contribution in [1.29, 1.82) is 5.26 Å². The van der Waals surface area contributed by atoms with Crippen LogP contribution in [-0.4, -0.2) is 35.9 Å². The van der Waals surface area contributed by atoms with Gasteiger partial charge in [-0.25, -0.2) is 0 Å². The third kappa shape index (κ3) is 3.00. The molecule has 0 radical (unpaired) electrons. The summed E-state index contributed by atoms with van der Waals surface area (Å²) >= 11 is 0. The van der Waals surface area contributed by atoms with Crippen molar-refractivity contribution in [1.82, 2.24) is 9.55 Å². The maximum absolute atomic E-state index is 13.7. The summed E-state index contributed by atoms with van der Waals surface area (Å²) in [5.41, 5.74) is 5.58. The van der Waals surface area contributed by atoms with E-state index in [-0.39, 0.29) is 11.5 Å². The molecule has 0 unspecified atom stereocenters. The molecule has 0 amide bonds. The van der Waals surface area contributed by atoms with E-state index in [0.29, 0.717) is 10.9 Å². The molecule has 0 spiro atoms. The van der Waals surface area contributed by atoms with Gasteiger partial charge >= 0.3 is 0 Å². The first-order chi connectivity index (χ1) is 15.0. The molecule has 31 heavy (non-hydrogen) atoms. The van der Waals surface area contributed by atoms with Crippen molar-refractivity contribution < 1.29 is 4.74 Å². The normalized spacial score (nSPS) is 14.7. The highest BCUT2D eigenvalue weighted by Gasteiger charge is 2.21. The van der Waals surface area contributed by atoms with E-state index in [0.717, 1.165) is 60.2 Å². The molecule has 4 aromatic rings. The zero-order valence-electron chi connectivity index (χ0n) is 18.2. The van der Waals surface area contributed by atoms with Gasteiger partial charge in [0.1, 0.15) is 5.65 Å². The minimum Gasteiger partial charge on any atom is -0.378 e. The zero-order valence-corrected chi connectivity index (χ0v) is 18.2. The molecule has 158 valence electrons. The monoisotopic (exact) mass is 414 g/mol. The highest BCUT2D eigenvalue weighted by molar-refractivity contribution is 6.10. The summed E-state index contributed by atoms with van der Waals surface area (Å²) < 4.78 is 7.77. The first-order valence-electron chi connectivity index (χ1n) is 10.9. The number of fused-ring (bicyclic) bond motifs is 4. The van der Waals surface area contributed by atoms with Gasteiger partial charge in [-0.1, -0.05) is 13.0 Å². The Kier molecular flexibility index (Phi) is 4.71. The molecule has 3 heterocycles. The quantitative estimate of drug-likeness (QED) is 0.536. The Balaban J connectivity index is 1.91. The Hall–Kier alpha value is -3.30. The van der Waals surface area contributed by atoms with Crippen molar-refractivity contribution in [2.45, 2.75) is 33.2 Å². The van der Waals surface area contributed by atoms with Crippen LogP contribution < -0.4 is 10.3 Å². The predicted molar refractivity (Wildman–Crippen MR) is 125 cm³/mol. The SMILES string of the molecule is CCc1cc2c(=O)c3c4ccc(C#N)cc4[nH]c3n(C(C)C)c2cc1N1CCOCC1. The van der Waals surface area contributed by atoms with Gasteiger partial charge in [0.15, 0.2) is 5.43 Å². The molecule has 1 N–H and O–H groups in total. The van der Waals surface area contributed by atoms with E-state index in [4.69, 9.17) is 4.74 Å². The molecule has 6 nitrogen and oxygen atoms in total. The van der Waals surface area contributed by atoms with E-state index in [9.17, 15) is 10.1 Å². The second-order valence-corrected chi connectivity index (χ2v) is 8.46. The van der Waals surface area contributed by atoms with Crippen LogP contribution in [0.15, 0.2) is 35.1 Å². The summed E-state index contributed by atoms with van der Waals surface area (Å²) in [7, 11) is 0. The fraction of sp³-hybridized carbons (Fsp3) is 0.360. The molecule has 1 fully saturated rings. The summed E-state index contributed by atoms with van der Waals surface area (Å²) in [6.07, 6.45) is 0.862. The summed E-state index contributed by atoms with van der Waals surface area (Å²) in [4.78, 5) is 19.5. The molecule has 1 aliphatic heterocycles. The van der Waals surface area contributed by atoms with Gasteiger partial charge in [-0.05, 0) is 50.1 Å². The van der Waals surface area contributed by atoms with Gasteiger partial charge in [0, 0.05) is 41.1 Å². The lowest BCUT2D eigenvalue weighted by molar-refractivity contribution is 0.122. The van der Waals surface area contributed by atoms with Crippen molar-refractivity contribution in [3.05, 3.63) is 51.7 Å². The van der Waals surface area contributed by atoms with Crippen LogP contribution in [0.3, 0.4) is 0 Å². The molecule has 0 saturated carbocycles. The number of nitriles is 1. The minimum atomic E-state index is 0.0427. The number of ether oxygens (including phenoxy) is 1. The number of benzene rings is 2. The predicted octanol–water partition coefficient (Wildman–Crippen LogP) is 4.49. The van der Waals surface area contributed by atoms with E-state index >= 15 is 0 Å². The van der Waals surface area contributed by atoms with Gasteiger partial charge in [-0.3, -0.25) is 4.79 Å². The molecular weight excluding hydrogens is 388 g/mol. The first kappa shape index (κ1) is 19.7. The van der Waals surface area contributed by atoms with Crippen LogP contribution in [0.2, 0.25) is 0 Å². The summed E-state index contributed by atoms with van der Waals surface area (Å²) in [5.74, 6) is 0. The maximum Gasteiger partial charge on any atom is 0.199 e. The standard InChI is InChI=1S/C25H26N4O2/c1-4-17-12-19-22(13-21(17)28-7-9-31-10-8-28)29(15(2)3)25-23(24(19)30)18-6-5-16(14-26)11-20(18)27-25/h5-6,11-13,15,27H,4,7-10H2,1-3H3. The Bertz CT molecular complexity index is 1420. The molecule has 0 aliphatic carbocycles. The number of aryl methyl sites for hydroxylation is 1. The van der Waals surface area contributed by atoms with E-state index in [1.807, 2.05) is 12.1 Å². The van der Waals surface area contributed by atoms with Crippen molar-refractivity contribution >= 4 is 38.5 Å². The molecule has 1 saturated heterocycles. The largest absolute Gasteiger partial charge is 0.378 e. The first-order valence-corrected chi connectivity index (χ1v) is 10.9. The van der Waals surface area contributed by atoms with Crippen LogP contribution in [0.4, 0.5) is 5.69 Å². The fourth-order valence-corrected chi connectivity index (χ4v) is 4.84. The van der Waals surface area contributed by atoms with Gasteiger partial charge in [-0.2, -0.15) is 5.26 Å². The number of H-pyrrole nitrogens is 1. The van der Waals surface area contributed by atoms with Crippen molar-refractivity contribution in [2.75, 3.05) is 31.2 Å². The Labute approximate surface area is 180 Å². The van der Waals surface area contributed by atoms with Crippen LogP contribution in [0.25, 0.3) is 32.8 Å². The molecule has 2 aromatic carbocycles. The number of nitrogens with zero attached hydrogens (tertiary/aromatic N) is 3. The number of hydrogen-bond acceptors (Lipinski definition) is 4. The topological polar surface area (TPSA) is 74.0 Å². The summed E-state index contributed by atoms with van der Waals surface area (Å²) in [5, 5.41) is 11.6. The molecule has 1 aliphatic rings. The average molecular weight is 415 g/mol. The van der Waals surface area contributed by atoms with Crippen LogP contribution in [0, 0.1) is 11.3 Å². The van der Waals surface area contributed by atoms with Crippen LogP contribution in [0.5, 0.6) is 0 Å². The Morgan fingerprint density at radius 1 is 1.16 bits per heavy atom. The average Bonchev–Trinajstić information content (AvgIpc) is 3.17. The highest BCUT2D eigenvalue weighted by Crippen LogP contribution is 2.33. The second-order valence-electron chi connectivity index (χ2n) is 8.46. The Morgan fingerprint density at radius 2 is 1.94 bits per heavy atom. The molecule has 6 heteroatoms. The minimum absolute atomic E-state index is 0.0427. The third-order valence-electron chi connectivity index (χ3n) is 6.33. The molecule has 0 atom stereocenters. The smallest absolute Gasteiger partial charge is 0.199 e. The Morgan fingerprint density at radius 3 is 2.61 bits per heavy atom. The van der Waals surface area contributed by atoms with Gasteiger partial charge in [0.05, 0.1) is 35.7 Å². The van der Waals surface area contributed by atoms with Crippen LogP contribution in [-0.2, 0) is 11.2 Å². The fourth-order valence-electron chi connectivity index (χ4n) is 4.84. The summed E-state index contributed by atoms with van der Waals surface area (Å²) in [6, 6.07) is 12.1. The van der Waals surface area contributed by atoms with E-state index in [1.165, 1.54) is 11.3 Å². The number of rotatable bonds is 3. The molecular formula is C25H26N4O2. The highest BCUT2D eigenvalue weighted by atomic mass is 16.5. The van der Waals surface area contributed by atoms with Crippen LogP contribution in [0.1, 0.15) is 37.9 Å². The van der Waals surface area contributed by atoms with Crippen molar-refractivity contribution in [3.63, 3.8) is 0 Å². The number of morpholine rings is 1. The zero-order chi connectivity index (χ0) is 21.7. The number of aromatic nitrogens is 2. The van der Waals surface area contributed by atoms with E-state index in [2.05, 4.69) is 53.4 Å². The molecule has 0 bridgehead atoms. The number of hydrogen-bond donors (Lipinski definition) is 1. The lowest BCUT2D eigenvalue weighted by atomic mass is 10.0. The number of aromatic amines is 1. The lowest BCUT2D eigenvalue weighted by Crippen LogP contribution is -2.36. The number of anilines is 1. The van der Waals surface area contributed by atoms with Crippen molar-refractivity contribution in [3.8, 4) is 6.07 Å². The van der Waals surface area contributed by atoms with Crippen molar-refractivity contribution in [2.24, 2.45) is 0 Å². The molecule has 5 rings (SSSR count). The number of pyridine rings is 1.